The number of cyclic esters (lactones) is 1. The Morgan fingerprint density at radius 2 is 2.06 bits per heavy atom. The Morgan fingerprint density at radius 3 is 2.74 bits per heavy atom. The van der Waals surface area contributed by atoms with Crippen molar-refractivity contribution in [2.75, 3.05) is 27.0 Å². The van der Waals surface area contributed by atoms with Crippen molar-refractivity contribution in [3.8, 4) is 11.5 Å². The highest BCUT2D eigenvalue weighted by atomic mass is 16.7. The van der Waals surface area contributed by atoms with Crippen molar-refractivity contribution in [2.45, 2.75) is 76.0 Å². The van der Waals surface area contributed by atoms with Crippen molar-refractivity contribution >= 4 is 11.9 Å². The topological polar surface area (TPSA) is 83.5 Å². The number of rotatable bonds is 7. The van der Waals surface area contributed by atoms with Gasteiger partial charge in [-0.25, -0.2) is 4.79 Å². The predicted octanol–water partition coefficient (Wildman–Crippen LogP) is 3.47. The standard InChI is InChI=1S/C26H33NO7/c1-4-9-26(14-22(28)34-26)25(29)33-24(19(5-2)30-3)23-17-13-21-20(31-15-32-21)12-16(17)8-11-27-10-6-7-18(23)27/h5,12-13,18,23-24H,4,6-11,14-15H2,1-3H3/b19-5+/t18?,23-,24+,26+/m0/s1. The van der Waals surface area contributed by atoms with Crippen LogP contribution in [0.5, 0.6) is 11.5 Å². The van der Waals surface area contributed by atoms with E-state index in [-0.39, 0.29) is 31.1 Å². The smallest absolute Gasteiger partial charge is 0.351 e. The van der Waals surface area contributed by atoms with E-state index < -0.39 is 17.7 Å². The summed E-state index contributed by atoms with van der Waals surface area (Å²) in [5.41, 5.74) is 1.08. The molecule has 8 heteroatoms. The zero-order chi connectivity index (χ0) is 23.9. The number of ether oxygens (including phenoxy) is 5. The maximum Gasteiger partial charge on any atom is 0.351 e. The second-order valence-electron chi connectivity index (χ2n) is 9.54. The lowest BCUT2D eigenvalue weighted by Crippen LogP contribution is -2.56. The van der Waals surface area contributed by atoms with E-state index in [0.717, 1.165) is 49.4 Å². The summed E-state index contributed by atoms with van der Waals surface area (Å²) in [4.78, 5) is 27.7. The summed E-state index contributed by atoms with van der Waals surface area (Å²) in [5, 5.41) is 0. The average molecular weight is 472 g/mol. The number of benzene rings is 1. The molecule has 184 valence electrons. The Morgan fingerprint density at radius 1 is 1.29 bits per heavy atom. The van der Waals surface area contributed by atoms with Gasteiger partial charge < -0.3 is 23.7 Å². The number of carbonyl (C=O) groups excluding carboxylic acids is 2. The molecule has 2 fully saturated rings. The number of allylic oxidation sites excluding steroid dienone is 1. The molecule has 1 aromatic carbocycles. The Bertz CT molecular complexity index is 995. The van der Waals surface area contributed by atoms with Crippen molar-refractivity contribution in [2.24, 2.45) is 0 Å². The molecule has 4 aliphatic heterocycles. The van der Waals surface area contributed by atoms with Crippen LogP contribution in [0.1, 0.15) is 63.0 Å². The van der Waals surface area contributed by atoms with Crippen molar-refractivity contribution < 1.29 is 33.3 Å². The van der Waals surface area contributed by atoms with Crippen LogP contribution in [0.3, 0.4) is 0 Å². The van der Waals surface area contributed by atoms with E-state index in [1.54, 1.807) is 7.11 Å². The van der Waals surface area contributed by atoms with Crippen LogP contribution < -0.4 is 9.47 Å². The van der Waals surface area contributed by atoms with E-state index in [4.69, 9.17) is 23.7 Å². The van der Waals surface area contributed by atoms with Crippen molar-refractivity contribution in [1.82, 2.24) is 4.90 Å². The molecule has 2 saturated heterocycles. The van der Waals surface area contributed by atoms with E-state index in [0.29, 0.717) is 18.6 Å². The third-order valence-corrected chi connectivity index (χ3v) is 7.62. The monoisotopic (exact) mass is 471 g/mol. The van der Waals surface area contributed by atoms with Gasteiger partial charge in [0.05, 0.1) is 13.5 Å². The zero-order valence-electron chi connectivity index (χ0n) is 20.1. The van der Waals surface area contributed by atoms with Gasteiger partial charge in [-0.2, -0.15) is 0 Å². The highest BCUT2D eigenvalue weighted by molar-refractivity contribution is 5.93. The summed E-state index contributed by atoms with van der Waals surface area (Å²) in [6, 6.07) is 4.31. The van der Waals surface area contributed by atoms with Crippen LogP contribution in [0.4, 0.5) is 0 Å². The van der Waals surface area contributed by atoms with Crippen LogP contribution in [0, 0.1) is 0 Å². The third-order valence-electron chi connectivity index (χ3n) is 7.62. The molecule has 4 atom stereocenters. The number of hydrogen-bond acceptors (Lipinski definition) is 8. The summed E-state index contributed by atoms with van der Waals surface area (Å²) >= 11 is 0. The van der Waals surface area contributed by atoms with Crippen LogP contribution in [-0.4, -0.2) is 61.6 Å². The van der Waals surface area contributed by atoms with Crippen LogP contribution in [0.2, 0.25) is 0 Å². The third kappa shape index (κ3) is 3.82. The lowest BCUT2D eigenvalue weighted by Gasteiger charge is -2.41. The van der Waals surface area contributed by atoms with Gasteiger partial charge in [0.25, 0.3) is 0 Å². The molecule has 0 aliphatic carbocycles. The van der Waals surface area contributed by atoms with Crippen LogP contribution >= 0.6 is 0 Å². The molecule has 1 aromatic rings. The Labute approximate surface area is 200 Å². The van der Waals surface area contributed by atoms with Crippen molar-refractivity contribution in [3.63, 3.8) is 0 Å². The van der Waals surface area contributed by atoms with Gasteiger partial charge in [0.2, 0.25) is 12.4 Å². The first-order valence-electron chi connectivity index (χ1n) is 12.3. The van der Waals surface area contributed by atoms with Gasteiger partial charge in [0.15, 0.2) is 17.6 Å². The van der Waals surface area contributed by atoms with E-state index in [1.807, 2.05) is 19.9 Å². The molecular formula is C26H33NO7. The first kappa shape index (κ1) is 23.0. The molecule has 0 bridgehead atoms. The summed E-state index contributed by atoms with van der Waals surface area (Å²) in [5.74, 6) is 1.05. The molecule has 0 saturated carbocycles. The van der Waals surface area contributed by atoms with Gasteiger partial charge in [-0.15, -0.1) is 0 Å². The van der Waals surface area contributed by atoms with Crippen molar-refractivity contribution in [1.29, 1.82) is 0 Å². The fraction of sp³-hybridized carbons (Fsp3) is 0.615. The minimum absolute atomic E-state index is 0.0556. The molecule has 4 heterocycles. The number of esters is 2. The zero-order valence-corrected chi connectivity index (χ0v) is 20.1. The fourth-order valence-corrected chi connectivity index (χ4v) is 6.03. The fourth-order valence-electron chi connectivity index (χ4n) is 6.03. The van der Waals surface area contributed by atoms with Crippen LogP contribution in [0.15, 0.2) is 24.0 Å². The number of nitrogens with zero attached hydrogens (tertiary/aromatic N) is 1. The average Bonchev–Trinajstić information content (AvgIpc) is 3.43. The molecule has 8 nitrogen and oxygen atoms in total. The first-order chi connectivity index (χ1) is 16.5. The minimum Gasteiger partial charge on any atom is -0.497 e. The summed E-state index contributed by atoms with van der Waals surface area (Å²) in [6.07, 6.45) is 5.39. The highest BCUT2D eigenvalue weighted by Gasteiger charge is 2.55. The molecule has 1 unspecified atom stereocenters. The molecule has 5 rings (SSSR count). The lowest BCUT2D eigenvalue weighted by molar-refractivity contribution is -0.212. The predicted molar refractivity (Wildman–Crippen MR) is 123 cm³/mol. The lowest BCUT2D eigenvalue weighted by atomic mass is 9.81. The molecule has 0 aromatic heterocycles. The Kier molecular flexibility index (Phi) is 6.18. The maximum absolute atomic E-state index is 13.5. The SMILES string of the molecule is C/C=C(/OC)[C@@H](OC(=O)[C@@]1(CCC)CC(=O)O1)[C@H]1c2cc3c(cc2CCN2CCCC12)OCO3. The molecule has 0 radical (unpaired) electrons. The summed E-state index contributed by atoms with van der Waals surface area (Å²) in [7, 11) is 1.60. The van der Waals surface area contributed by atoms with E-state index >= 15 is 0 Å². The van der Waals surface area contributed by atoms with Gasteiger partial charge in [0.1, 0.15) is 5.76 Å². The first-order valence-corrected chi connectivity index (χ1v) is 12.3. The van der Waals surface area contributed by atoms with Crippen LogP contribution in [0.25, 0.3) is 0 Å². The van der Waals surface area contributed by atoms with Gasteiger partial charge in [-0.3, -0.25) is 9.69 Å². The molecular weight excluding hydrogens is 438 g/mol. The quantitative estimate of drug-likeness (QED) is 0.442. The van der Waals surface area contributed by atoms with Crippen LogP contribution in [-0.2, 0) is 30.2 Å². The minimum atomic E-state index is -1.20. The van der Waals surface area contributed by atoms with E-state index in [9.17, 15) is 9.59 Å². The van der Waals surface area contributed by atoms with Gasteiger partial charge in [-0.1, -0.05) is 13.3 Å². The molecule has 4 aliphatic rings. The Hall–Kier alpha value is -2.74. The normalized spacial score (nSPS) is 28.8. The molecule has 0 amide bonds. The molecule has 0 spiro atoms. The summed E-state index contributed by atoms with van der Waals surface area (Å²) < 4.78 is 28.8. The number of fused-ring (bicyclic) bond motifs is 3. The number of methoxy groups -OCH3 is 1. The van der Waals surface area contributed by atoms with Crippen molar-refractivity contribution in [3.05, 3.63) is 35.1 Å². The molecule has 34 heavy (non-hydrogen) atoms. The maximum atomic E-state index is 13.5. The van der Waals surface area contributed by atoms with Gasteiger partial charge >= 0.3 is 11.9 Å². The molecule has 0 N–H and O–H groups in total. The van der Waals surface area contributed by atoms with Gasteiger partial charge in [-0.05, 0) is 68.5 Å². The summed E-state index contributed by atoms with van der Waals surface area (Å²) in [6.45, 7) is 6.00. The second kappa shape index (κ2) is 9.13. The number of hydrogen-bond donors (Lipinski definition) is 0. The number of carbonyl (C=O) groups is 2. The van der Waals surface area contributed by atoms with E-state index in [1.165, 1.54) is 5.56 Å². The second-order valence-corrected chi connectivity index (χ2v) is 9.54. The Balaban J connectivity index is 1.57. The largest absolute Gasteiger partial charge is 0.497 e. The highest BCUT2D eigenvalue weighted by Crippen LogP contribution is 2.46. The van der Waals surface area contributed by atoms with Gasteiger partial charge in [0, 0.05) is 18.5 Å². The van der Waals surface area contributed by atoms with E-state index in [2.05, 4.69) is 17.0 Å².